The van der Waals surface area contributed by atoms with E-state index in [1.165, 1.54) is 18.3 Å². The highest BCUT2D eigenvalue weighted by molar-refractivity contribution is 7.89. The molecule has 1 aromatic carbocycles. The number of benzene rings is 1. The molecule has 0 atom stereocenters. The third-order valence-electron chi connectivity index (χ3n) is 3.06. The van der Waals surface area contributed by atoms with Gasteiger partial charge >= 0.3 is 0 Å². The Balaban J connectivity index is 1.87. The summed E-state index contributed by atoms with van der Waals surface area (Å²) in [7, 11) is -3.70. The number of carbonyl (C=O) groups is 1. The zero-order chi connectivity index (χ0) is 16.9. The minimum Gasteiger partial charge on any atom is -0.362 e. The Morgan fingerprint density at radius 1 is 1.26 bits per heavy atom. The molecule has 3 N–H and O–H groups in total. The number of hydrogen-bond acceptors (Lipinski definition) is 4. The molecule has 0 aliphatic heterocycles. The van der Waals surface area contributed by atoms with E-state index in [4.69, 9.17) is 0 Å². The minimum absolute atomic E-state index is 0.106. The van der Waals surface area contributed by atoms with Gasteiger partial charge in [0.2, 0.25) is 10.0 Å². The van der Waals surface area contributed by atoms with Gasteiger partial charge in [-0.1, -0.05) is 18.2 Å². The second-order valence-corrected chi connectivity index (χ2v) is 6.73. The van der Waals surface area contributed by atoms with E-state index in [9.17, 15) is 13.2 Å². The summed E-state index contributed by atoms with van der Waals surface area (Å²) >= 11 is 0. The van der Waals surface area contributed by atoms with Crippen LogP contribution in [0.5, 0.6) is 0 Å². The normalized spacial score (nSPS) is 11.7. The summed E-state index contributed by atoms with van der Waals surface area (Å²) < 4.78 is 26.1. The average molecular weight is 334 g/mol. The van der Waals surface area contributed by atoms with Crippen LogP contribution in [0.2, 0.25) is 0 Å². The second-order valence-electron chi connectivity index (χ2n) is 4.96. The Hall–Kier alpha value is -2.45. The maximum absolute atomic E-state index is 11.9. The molecule has 0 spiro atoms. The Bertz CT molecular complexity index is 811. The smallest absolute Gasteiger partial charge is 0.255 e. The van der Waals surface area contributed by atoms with Crippen molar-refractivity contribution in [1.82, 2.24) is 15.1 Å². The fourth-order valence-electron chi connectivity index (χ4n) is 1.94. The molecule has 8 heteroatoms. The number of hydrogen-bond donors (Lipinski definition) is 3. The first-order valence-corrected chi connectivity index (χ1v) is 8.39. The lowest BCUT2D eigenvalue weighted by Gasteiger charge is -2.05. The van der Waals surface area contributed by atoms with Gasteiger partial charge in [-0.15, -0.1) is 0 Å². The van der Waals surface area contributed by atoms with Gasteiger partial charge in [-0.2, -0.15) is 5.10 Å². The van der Waals surface area contributed by atoms with Crippen LogP contribution in [-0.4, -0.2) is 32.1 Å². The van der Waals surface area contributed by atoms with Crippen LogP contribution in [0, 0.1) is 13.8 Å². The molecule has 0 aliphatic rings. The highest BCUT2D eigenvalue weighted by atomic mass is 32.2. The molecule has 0 unspecified atom stereocenters. The number of sulfonamides is 1. The first-order valence-electron chi connectivity index (χ1n) is 6.91. The van der Waals surface area contributed by atoms with E-state index in [1.54, 1.807) is 18.2 Å². The van der Waals surface area contributed by atoms with E-state index >= 15 is 0 Å². The summed E-state index contributed by atoms with van der Waals surface area (Å²) in [6.07, 6.45) is 1.50. The highest BCUT2D eigenvalue weighted by Crippen LogP contribution is 2.07. The Kier molecular flexibility index (Phi) is 5.30. The van der Waals surface area contributed by atoms with Gasteiger partial charge in [0.15, 0.2) is 0 Å². The number of carbonyl (C=O) groups excluding carboxylic acids is 1. The molecule has 0 radical (unpaired) electrons. The molecule has 2 rings (SSSR count). The first-order chi connectivity index (χ1) is 10.9. The number of aromatic nitrogens is 1. The standard InChI is InChI=1S/C15H18N4O3S/c1-11-8-13(12(2)18-11)9-16-19-15(20)10-17-23(21,22)14-6-4-3-5-7-14/h3-9,17-18H,10H2,1-2H3,(H,19,20)/b16-9+. The predicted octanol–water partition coefficient (Wildman–Crippen LogP) is 1.06. The monoisotopic (exact) mass is 334 g/mol. The van der Waals surface area contributed by atoms with E-state index < -0.39 is 15.9 Å². The second kappa shape index (κ2) is 7.21. The fraction of sp³-hybridized carbons (Fsp3) is 0.200. The highest BCUT2D eigenvalue weighted by Gasteiger charge is 2.14. The van der Waals surface area contributed by atoms with E-state index in [-0.39, 0.29) is 11.4 Å². The lowest BCUT2D eigenvalue weighted by atomic mass is 10.3. The summed E-state index contributed by atoms with van der Waals surface area (Å²) in [5, 5.41) is 3.81. The van der Waals surface area contributed by atoms with Crippen LogP contribution in [0.25, 0.3) is 0 Å². The number of hydrazone groups is 1. The quantitative estimate of drug-likeness (QED) is 0.543. The topological polar surface area (TPSA) is 103 Å². The predicted molar refractivity (Wildman–Crippen MR) is 87.6 cm³/mol. The summed E-state index contributed by atoms with van der Waals surface area (Å²) in [6.45, 7) is 3.42. The van der Waals surface area contributed by atoms with Crippen molar-refractivity contribution in [2.24, 2.45) is 5.10 Å². The Labute approximate surface area is 134 Å². The van der Waals surface area contributed by atoms with Crippen molar-refractivity contribution >= 4 is 22.1 Å². The molecule has 0 saturated heterocycles. The molecule has 1 heterocycles. The minimum atomic E-state index is -3.70. The third kappa shape index (κ3) is 4.76. The first kappa shape index (κ1) is 16.9. The molecule has 1 aromatic heterocycles. The van der Waals surface area contributed by atoms with Crippen molar-refractivity contribution in [1.29, 1.82) is 0 Å². The molecular weight excluding hydrogens is 316 g/mol. The lowest BCUT2D eigenvalue weighted by Crippen LogP contribution is -2.34. The maximum atomic E-state index is 11.9. The van der Waals surface area contributed by atoms with Gasteiger partial charge < -0.3 is 4.98 Å². The summed E-state index contributed by atoms with van der Waals surface area (Å²) in [4.78, 5) is 14.9. The summed E-state index contributed by atoms with van der Waals surface area (Å²) in [5.74, 6) is -0.550. The molecule has 0 fully saturated rings. The van der Waals surface area contributed by atoms with Crippen molar-refractivity contribution in [3.63, 3.8) is 0 Å². The summed E-state index contributed by atoms with van der Waals surface area (Å²) in [6, 6.07) is 9.74. The van der Waals surface area contributed by atoms with Crippen LogP contribution in [0.4, 0.5) is 0 Å². The maximum Gasteiger partial charge on any atom is 0.255 e. The van der Waals surface area contributed by atoms with E-state index in [1.807, 2.05) is 19.9 Å². The van der Waals surface area contributed by atoms with Gasteiger partial charge in [0.1, 0.15) is 0 Å². The van der Waals surface area contributed by atoms with E-state index in [0.717, 1.165) is 17.0 Å². The van der Waals surface area contributed by atoms with Gasteiger partial charge in [0.05, 0.1) is 17.7 Å². The van der Waals surface area contributed by atoms with Crippen molar-refractivity contribution in [3.8, 4) is 0 Å². The fourth-order valence-corrected chi connectivity index (χ4v) is 2.94. The summed E-state index contributed by atoms with van der Waals surface area (Å²) in [5.41, 5.74) is 5.06. The largest absolute Gasteiger partial charge is 0.362 e. The van der Waals surface area contributed by atoms with Gasteiger partial charge in [-0.25, -0.2) is 18.6 Å². The lowest BCUT2D eigenvalue weighted by molar-refractivity contribution is -0.119. The Morgan fingerprint density at radius 3 is 2.57 bits per heavy atom. The zero-order valence-electron chi connectivity index (χ0n) is 12.8. The molecule has 0 saturated carbocycles. The molecule has 7 nitrogen and oxygen atoms in total. The molecule has 122 valence electrons. The van der Waals surface area contributed by atoms with Gasteiger partial charge in [-0.3, -0.25) is 4.79 Å². The number of amides is 1. The molecule has 1 amide bonds. The molecule has 0 bridgehead atoms. The average Bonchev–Trinajstić information content (AvgIpc) is 2.84. The van der Waals surface area contributed by atoms with Gasteiger partial charge in [0.25, 0.3) is 5.91 Å². The SMILES string of the molecule is Cc1cc(/C=N/NC(=O)CNS(=O)(=O)c2ccccc2)c(C)[nH]1. The van der Waals surface area contributed by atoms with E-state index in [0.29, 0.717) is 0 Å². The Morgan fingerprint density at radius 2 is 1.96 bits per heavy atom. The molecule has 0 aliphatic carbocycles. The number of rotatable bonds is 6. The number of H-pyrrole nitrogens is 1. The number of aromatic amines is 1. The van der Waals surface area contributed by atoms with Crippen molar-refractivity contribution in [2.45, 2.75) is 18.7 Å². The molecule has 2 aromatic rings. The van der Waals surface area contributed by atoms with Crippen LogP contribution in [-0.2, 0) is 14.8 Å². The van der Waals surface area contributed by atoms with Crippen LogP contribution in [0.15, 0.2) is 46.4 Å². The number of aryl methyl sites for hydroxylation is 2. The van der Waals surface area contributed by atoms with Crippen molar-refractivity contribution in [2.75, 3.05) is 6.54 Å². The zero-order valence-corrected chi connectivity index (χ0v) is 13.6. The van der Waals surface area contributed by atoms with Crippen LogP contribution < -0.4 is 10.1 Å². The van der Waals surface area contributed by atoms with Gasteiger partial charge in [-0.05, 0) is 32.0 Å². The van der Waals surface area contributed by atoms with Gasteiger partial charge in [0, 0.05) is 17.0 Å². The third-order valence-corrected chi connectivity index (χ3v) is 4.48. The van der Waals surface area contributed by atoms with Crippen LogP contribution in [0.1, 0.15) is 17.0 Å². The number of nitrogens with zero attached hydrogens (tertiary/aromatic N) is 1. The van der Waals surface area contributed by atoms with Crippen molar-refractivity contribution < 1.29 is 13.2 Å². The van der Waals surface area contributed by atoms with Crippen LogP contribution in [0.3, 0.4) is 0 Å². The van der Waals surface area contributed by atoms with E-state index in [2.05, 4.69) is 20.2 Å². The van der Waals surface area contributed by atoms with Crippen molar-refractivity contribution in [3.05, 3.63) is 53.3 Å². The van der Waals surface area contributed by atoms with Crippen LogP contribution >= 0.6 is 0 Å². The molecule has 23 heavy (non-hydrogen) atoms. The molecular formula is C15H18N4O3S. The number of nitrogens with one attached hydrogen (secondary N) is 3.